The lowest BCUT2D eigenvalue weighted by Gasteiger charge is -2.28. The number of aliphatic hydroxyl groups excluding tert-OH is 2. The van der Waals surface area contributed by atoms with Gasteiger partial charge in [0.25, 0.3) is 0 Å². The van der Waals surface area contributed by atoms with E-state index in [1.165, 1.54) is 19.1 Å². The predicted octanol–water partition coefficient (Wildman–Crippen LogP) is -5.37. The summed E-state index contributed by atoms with van der Waals surface area (Å²) >= 11 is 0. The van der Waals surface area contributed by atoms with Crippen molar-refractivity contribution >= 4 is 76.9 Å². The van der Waals surface area contributed by atoms with Crippen molar-refractivity contribution in [2.24, 2.45) is 40.7 Å². The van der Waals surface area contributed by atoms with E-state index in [1.807, 2.05) is 0 Å². The summed E-state index contributed by atoms with van der Waals surface area (Å²) in [6.45, 7) is 11.0. The van der Waals surface area contributed by atoms with Gasteiger partial charge in [0, 0.05) is 6.42 Å². The van der Waals surface area contributed by atoms with Crippen molar-refractivity contribution in [3.8, 4) is 5.75 Å². The third-order valence-corrected chi connectivity index (χ3v) is 13.2. The first-order chi connectivity index (χ1) is 39.7. The van der Waals surface area contributed by atoms with Gasteiger partial charge in [-0.3, -0.25) is 57.5 Å². The molecule has 0 aliphatic rings. The summed E-state index contributed by atoms with van der Waals surface area (Å²) in [4.78, 5) is 171. The number of hydrogen-bond donors (Lipinski definition) is 18. The Balaban J connectivity index is 3.24. The second-order valence-corrected chi connectivity index (χ2v) is 21.7. The van der Waals surface area contributed by atoms with Crippen LogP contribution < -0.4 is 76.1 Å². The van der Waals surface area contributed by atoms with E-state index in [2.05, 4.69) is 53.2 Å². The van der Waals surface area contributed by atoms with Gasteiger partial charge in [0.15, 0.2) is 0 Å². The number of carboxylic acids is 1. The summed E-state index contributed by atoms with van der Waals surface area (Å²) in [5.74, 6) is -14.2. The summed E-state index contributed by atoms with van der Waals surface area (Å²) in [6, 6.07) is -8.85. The molecule has 1 aromatic rings. The lowest BCUT2D eigenvalue weighted by atomic mass is 9.97. The zero-order valence-electron chi connectivity index (χ0n) is 49.5. The first-order valence-electron chi connectivity index (χ1n) is 28.1. The Bertz CT molecular complexity index is 2450. The van der Waals surface area contributed by atoms with Crippen molar-refractivity contribution in [3.63, 3.8) is 0 Å². The van der Waals surface area contributed by atoms with E-state index in [9.17, 15) is 82.8 Å². The van der Waals surface area contributed by atoms with Crippen LogP contribution in [0.5, 0.6) is 5.75 Å². The molecule has 0 heterocycles. The molecule has 1 aromatic carbocycles. The average molecular weight is 1210 g/mol. The number of aliphatic hydroxyl groups is 2. The van der Waals surface area contributed by atoms with E-state index in [1.54, 1.807) is 53.7 Å². The number of phenols is 1. The van der Waals surface area contributed by atoms with E-state index in [4.69, 9.17) is 22.9 Å². The molecular formula is C54H90N14O17. The smallest absolute Gasteiger partial charge is 0.326 e. The second kappa shape index (κ2) is 38.0. The minimum Gasteiger partial charge on any atom is -0.508 e. The number of phenolic OH excluding ortho intramolecular Hbond substituents is 1. The van der Waals surface area contributed by atoms with Gasteiger partial charge in [-0.05, 0) is 101 Å². The van der Waals surface area contributed by atoms with Gasteiger partial charge in [-0.1, -0.05) is 60.1 Å². The minimum absolute atomic E-state index is 0.0109. The van der Waals surface area contributed by atoms with Gasteiger partial charge in [0.2, 0.25) is 70.9 Å². The van der Waals surface area contributed by atoms with Gasteiger partial charge in [0.1, 0.15) is 60.1 Å². The van der Waals surface area contributed by atoms with Crippen molar-refractivity contribution in [2.45, 2.75) is 186 Å². The van der Waals surface area contributed by atoms with Gasteiger partial charge in [0.05, 0.1) is 31.7 Å². The van der Waals surface area contributed by atoms with E-state index < -0.39 is 182 Å². The SMILES string of the molecule is CC[C@H](C)[C@H](NC(=O)CNC(=O)[C@H](CCCCN)NC(=O)[C@@H](NC(=O)[C@H](CC(C)C)NC(=O)[C@H](CO)NC(=O)[C@H](C)NC(=O)[C@@H](N)Cc1ccc(O)cc1)[C@@H](C)O)C(=O)N[C@@H](CCC(N)=O)C(=O)N[C@@H](CC(N)=O)C(=O)N[C@@H](CC(C)C)C(=O)O. The van der Waals surface area contributed by atoms with Crippen molar-refractivity contribution in [1.29, 1.82) is 0 Å². The van der Waals surface area contributed by atoms with Gasteiger partial charge >= 0.3 is 5.97 Å². The third kappa shape index (κ3) is 28.4. The molecule has 0 saturated heterocycles. The van der Waals surface area contributed by atoms with Crippen molar-refractivity contribution in [1.82, 2.24) is 53.2 Å². The highest BCUT2D eigenvalue weighted by atomic mass is 16.4. The number of benzene rings is 1. The van der Waals surface area contributed by atoms with Crippen molar-refractivity contribution < 1.29 is 82.8 Å². The van der Waals surface area contributed by atoms with Gasteiger partial charge in [-0.2, -0.15) is 0 Å². The molecule has 31 nitrogen and oxygen atoms in total. The molecule has 0 radical (unpaired) electrons. The van der Waals surface area contributed by atoms with E-state index in [-0.39, 0.29) is 62.7 Å². The van der Waals surface area contributed by atoms with Crippen LogP contribution in [0.1, 0.15) is 119 Å². The molecular weight excluding hydrogens is 1120 g/mol. The number of amides is 12. The summed E-state index contributed by atoms with van der Waals surface area (Å²) in [5.41, 5.74) is 23.0. The van der Waals surface area contributed by atoms with Crippen LogP contribution in [0, 0.1) is 17.8 Å². The zero-order valence-corrected chi connectivity index (χ0v) is 49.5. The molecule has 478 valence electrons. The summed E-state index contributed by atoms with van der Waals surface area (Å²) in [7, 11) is 0. The van der Waals surface area contributed by atoms with E-state index >= 15 is 0 Å². The maximum atomic E-state index is 13.9. The number of unbranched alkanes of at least 4 members (excludes halogenated alkanes) is 1. The standard InChI is InChI=1S/C54H90N14O17/c1-9-28(6)43(52(82)62-35(17-18-40(57)72)48(78)64-37(23-41(58)73)49(79)65-38(54(84)85)21-27(4)5)67-42(74)24-59-47(77)34(12-10-11-19-55)61-53(83)44(30(8)70)68-50(80)36(20-26(2)3)63-51(81)39(25-69)66-45(75)29(7)60-46(76)33(56)22-31-13-15-32(71)16-14-31/h13-16,26-30,33-39,43-44,69-71H,9-12,17-25,55-56H2,1-8H3,(H2,57,72)(H2,58,73)(H,59,77)(H,60,76)(H,61,83)(H,62,82)(H,63,81)(H,64,78)(H,65,79)(H,66,75)(H,67,74)(H,68,80)(H,84,85)/t28-,29-,30+,33-,34-,35-,36-,37-,38-,39-,43-,44-/m0/s1. The Hall–Kier alpha value is -8.03. The summed E-state index contributed by atoms with van der Waals surface area (Å²) < 4.78 is 0. The molecule has 31 heteroatoms. The number of aliphatic carboxylic acids is 1. The number of hydrogen-bond acceptors (Lipinski definition) is 18. The predicted molar refractivity (Wildman–Crippen MR) is 306 cm³/mol. The maximum Gasteiger partial charge on any atom is 0.326 e. The third-order valence-electron chi connectivity index (χ3n) is 13.2. The average Bonchev–Trinajstić information content (AvgIpc) is 3.64. The zero-order chi connectivity index (χ0) is 64.8. The molecule has 0 aliphatic carbocycles. The van der Waals surface area contributed by atoms with Gasteiger partial charge < -0.3 is 96.5 Å². The number of aromatic hydroxyl groups is 1. The van der Waals surface area contributed by atoms with Crippen LogP contribution >= 0.6 is 0 Å². The molecule has 0 fully saturated rings. The summed E-state index contributed by atoms with van der Waals surface area (Å²) in [5, 5.41) is 63.9. The molecule has 0 aliphatic heterocycles. The molecule has 0 aromatic heterocycles. The Labute approximate surface area is 493 Å². The van der Waals surface area contributed by atoms with Gasteiger partial charge in [-0.25, -0.2) is 4.79 Å². The van der Waals surface area contributed by atoms with Crippen LogP contribution in [0.25, 0.3) is 0 Å². The number of primary amides is 2. The molecule has 0 bridgehead atoms. The number of rotatable bonds is 40. The van der Waals surface area contributed by atoms with Crippen LogP contribution in [0.15, 0.2) is 24.3 Å². The topological polar surface area (TPSA) is 527 Å². The molecule has 0 spiro atoms. The molecule has 1 rings (SSSR count). The minimum atomic E-state index is -1.76. The van der Waals surface area contributed by atoms with Gasteiger partial charge in [-0.15, -0.1) is 0 Å². The normalized spacial score (nSPS) is 15.4. The number of carboxylic acid groups (broad SMARTS) is 1. The number of nitrogens with one attached hydrogen (secondary N) is 10. The fraction of sp³-hybridized carbons (Fsp3) is 0.648. The fourth-order valence-electron chi connectivity index (χ4n) is 8.19. The van der Waals surface area contributed by atoms with Crippen molar-refractivity contribution in [2.75, 3.05) is 19.7 Å². The highest BCUT2D eigenvalue weighted by Gasteiger charge is 2.37. The lowest BCUT2D eigenvalue weighted by Crippen LogP contribution is -2.61. The maximum absolute atomic E-state index is 13.9. The Morgan fingerprint density at radius 3 is 1.55 bits per heavy atom. The van der Waals surface area contributed by atoms with Crippen LogP contribution in [-0.4, -0.2) is 184 Å². The number of carbonyl (C=O) groups excluding carboxylic acids is 12. The fourth-order valence-corrected chi connectivity index (χ4v) is 8.19. The van der Waals surface area contributed by atoms with Crippen LogP contribution in [-0.2, 0) is 68.7 Å². The largest absolute Gasteiger partial charge is 0.508 e. The Morgan fingerprint density at radius 1 is 0.541 bits per heavy atom. The van der Waals surface area contributed by atoms with Crippen LogP contribution in [0.2, 0.25) is 0 Å². The molecule has 22 N–H and O–H groups in total. The monoisotopic (exact) mass is 1210 g/mol. The van der Waals surface area contributed by atoms with Crippen molar-refractivity contribution in [3.05, 3.63) is 29.8 Å². The lowest BCUT2D eigenvalue weighted by molar-refractivity contribution is -0.143. The van der Waals surface area contributed by atoms with E-state index in [0.29, 0.717) is 12.0 Å². The van der Waals surface area contributed by atoms with Crippen LogP contribution in [0.3, 0.4) is 0 Å². The molecule has 12 amide bonds. The molecule has 85 heavy (non-hydrogen) atoms. The number of carbonyl (C=O) groups is 13. The summed E-state index contributed by atoms with van der Waals surface area (Å²) in [6.07, 6.45) is -2.52. The Morgan fingerprint density at radius 2 is 1.04 bits per heavy atom. The molecule has 0 saturated carbocycles. The first-order valence-corrected chi connectivity index (χ1v) is 28.1. The first kappa shape index (κ1) is 75.0. The van der Waals surface area contributed by atoms with Crippen LogP contribution in [0.4, 0.5) is 0 Å². The highest BCUT2D eigenvalue weighted by molar-refractivity contribution is 5.99. The highest BCUT2D eigenvalue weighted by Crippen LogP contribution is 2.14. The quantitative estimate of drug-likeness (QED) is 0.0273. The Kier molecular flexibility index (Phi) is 33.5. The molecule has 12 atom stereocenters. The second-order valence-electron chi connectivity index (χ2n) is 21.7. The van der Waals surface area contributed by atoms with E-state index in [0.717, 1.165) is 6.92 Å². The molecule has 0 unspecified atom stereocenters. The number of nitrogens with two attached hydrogens (primary N) is 4.